The van der Waals surface area contributed by atoms with E-state index in [-0.39, 0.29) is 24.4 Å². The molecule has 0 bridgehead atoms. The molecule has 0 saturated carbocycles. The first kappa shape index (κ1) is 23.9. The fraction of sp³-hybridized carbons (Fsp3) is 0.310. The fourth-order valence-electron chi connectivity index (χ4n) is 5.25. The molecule has 1 unspecified atom stereocenters. The van der Waals surface area contributed by atoms with Crippen molar-refractivity contribution >= 4 is 23.2 Å². The number of benzene rings is 3. The van der Waals surface area contributed by atoms with Crippen LogP contribution < -0.4 is 19.7 Å². The fourth-order valence-corrected chi connectivity index (χ4v) is 5.25. The summed E-state index contributed by atoms with van der Waals surface area (Å²) >= 11 is 0. The van der Waals surface area contributed by atoms with Crippen molar-refractivity contribution < 1.29 is 19.1 Å². The van der Waals surface area contributed by atoms with Crippen LogP contribution in [-0.2, 0) is 16.0 Å². The number of rotatable bonds is 7. The first-order chi connectivity index (χ1) is 17.6. The molecule has 7 heteroatoms. The topological polar surface area (TPSA) is 71.1 Å². The van der Waals surface area contributed by atoms with E-state index < -0.39 is 0 Å². The summed E-state index contributed by atoms with van der Waals surface area (Å²) < 4.78 is 11.1. The van der Waals surface area contributed by atoms with Crippen LogP contribution >= 0.6 is 0 Å². The molecule has 0 spiro atoms. The lowest BCUT2D eigenvalue weighted by atomic mass is 9.87. The minimum Gasteiger partial charge on any atom is -0.493 e. The number of nitrogens with one attached hydrogen (secondary N) is 1. The predicted octanol–water partition coefficient (Wildman–Crippen LogP) is 4.42. The number of carbonyl (C=O) groups is 2. The SMILES string of the molecule is COc1cc2c(cc1OC)C(c1ccccc1)N(CC(=O)Nc1cccc(N3CCCC3=O)c1)CC2. The molecular formula is C29H31N3O4. The lowest BCUT2D eigenvalue weighted by Crippen LogP contribution is -2.41. The number of hydrogen-bond acceptors (Lipinski definition) is 5. The van der Waals surface area contributed by atoms with Crippen LogP contribution in [0.15, 0.2) is 66.7 Å². The summed E-state index contributed by atoms with van der Waals surface area (Å²) in [6.45, 7) is 1.69. The Balaban J connectivity index is 1.39. The minimum absolute atomic E-state index is 0.0888. The van der Waals surface area contributed by atoms with Gasteiger partial charge in [0.15, 0.2) is 11.5 Å². The van der Waals surface area contributed by atoms with E-state index in [0.717, 1.165) is 42.7 Å². The number of ether oxygens (including phenoxy) is 2. The third-order valence-electron chi connectivity index (χ3n) is 6.95. The summed E-state index contributed by atoms with van der Waals surface area (Å²) in [7, 11) is 3.28. The molecular weight excluding hydrogens is 454 g/mol. The molecule has 3 aromatic rings. The van der Waals surface area contributed by atoms with Crippen molar-refractivity contribution in [1.29, 1.82) is 0 Å². The third kappa shape index (κ3) is 4.79. The zero-order chi connectivity index (χ0) is 25.1. The van der Waals surface area contributed by atoms with Crippen LogP contribution in [0.5, 0.6) is 11.5 Å². The van der Waals surface area contributed by atoms with Gasteiger partial charge in [0.1, 0.15) is 0 Å². The van der Waals surface area contributed by atoms with Gasteiger partial charge >= 0.3 is 0 Å². The highest BCUT2D eigenvalue weighted by Gasteiger charge is 2.31. The Hall–Kier alpha value is -3.84. The van der Waals surface area contributed by atoms with E-state index in [9.17, 15) is 9.59 Å². The van der Waals surface area contributed by atoms with Crippen molar-refractivity contribution in [3.05, 3.63) is 83.4 Å². The van der Waals surface area contributed by atoms with Crippen LogP contribution in [0.3, 0.4) is 0 Å². The molecule has 2 aliphatic heterocycles. The molecule has 1 atom stereocenters. The highest BCUT2D eigenvalue weighted by atomic mass is 16.5. The molecule has 1 N–H and O–H groups in total. The Bertz CT molecular complexity index is 1260. The van der Waals surface area contributed by atoms with E-state index in [4.69, 9.17) is 9.47 Å². The van der Waals surface area contributed by atoms with Gasteiger partial charge in [-0.1, -0.05) is 36.4 Å². The summed E-state index contributed by atoms with van der Waals surface area (Å²) in [5.74, 6) is 1.43. The lowest BCUT2D eigenvalue weighted by Gasteiger charge is -2.37. The second-order valence-electron chi connectivity index (χ2n) is 9.19. The summed E-state index contributed by atoms with van der Waals surface area (Å²) in [6.07, 6.45) is 2.24. The van der Waals surface area contributed by atoms with Gasteiger partial charge < -0.3 is 19.7 Å². The van der Waals surface area contributed by atoms with Crippen molar-refractivity contribution in [2.45, 2.75) is 25.3 Å². The first-order valence-corrected chi connectivity index (χ1v) is 12.3. The van der Waals surface area contributed by atoms with Gasteiger partial charge in [0.05, 0.1) is 26.8 Å². The number of nitrogens with zero attached hydrogens (tertiary/aromatic N) is 2. The zero-order valence-corrected chi connectivity index (χ0v) is 20.7. The van der Waals surface area contributed by atoms with E-state index in [1.165, 1.54) is 5.56 Å². The smallest absolute Gasteiger partial charge is 0.238 e. The van der Waals surface area contributed by atoms with Crippen LogP contribution in [0.4, 0.5) is 11.4 Å². The number of methoxy groups -OCH3 is 2. The third-order valence-corrected chi connectivity index (χ3v) is 6.95. The Kier molecular flexibility index (Phi) is 6.91. The van der Waals surface area contributed by atoms with Gasteiger partial charge in [-0.2, -0.15) is 0 Å². The molecule has 3 aromatic carbocycles. The summed E-state index contributed by atoms with van der Waals surface area (Å²) in [5, 5.41) is 3.04. The van der Waals surface area contributed by atoms with Gasteiger partial charge in [-0.05, 0) is 59.9 Å². The quantitative estimate of drug-likeness (QED) is 0.537. The normalized spacial score (nSPS) is 17.6. The maximum Gasteiger partial charge on any atom is 0.238 e. The average Bonchev–Trinajstić information content (AvgIpc) is 3.34. The van der Waals surface area contributed by atoms with Gasteiger partial charge in [-0.15, -0.1) is 0 Å². The molecule has 0 aliphatic carbocycles. The Morgan fingerprint density at radius 1 is 0.944 bits per heavy atom. The van der Waals surface area contributed by atoms with E-state index in [1.54, 1.807) is 19.1 Å². The molecule has 0 aromatic heterocycles. The lowest BCUT2D eigenvalue weighted by molar-refractivity contribution is -0.118. The number of fused-ring (bicyclic) bond motifs is 1. The molecule has 7 nitrogen and oxygen atoms in total. The Morgan fingerprint density at radius 2 is 1.72 bits per heavy atom. The van der Waals surface area contributed by atoms with E-state index >= 15 is 0 Å². The maximum absolute atomic E-state index is 13.2. The van der Waals surface area contributed by atoms with Crippen molar-refractivity contribution in [1.82, 2.24) is 4.90 Å². The molecule has 0 radical (unpaired) electrons. The number of hydrogen-bond donors (Lipinski definition) is 1. The van der Waals surface area contributed by atoms with Gasteiger partial charge in [0.2, 0.25) is 11.8 Å². The number of anilines is 2. The molecule has 2 amide bonds. The van der Waals surface area contributed by atoms with Gasteiger partial charge in [0.25, 0.3) is 0 Å². The van der Waals surface area contributed by atoms with Crippen LogP contribution in [0.2, 0.25) is 0 Å². The van der Waals surface area contributed by atoms with Crippen molar-refractivity contribution in [3.63, 3.8) is 0 Å². The van der Waals surface area contributed by atoms with Gasteiger partial charge in [-0.3, -0.25) is 14.5 Å². The zero-order valence-electron chi connectivity index (χ0n) is 20.7. The summed E-state index contributed by atoms with van der Waals surface area (Å²) in [6, 6.07) is 21.7. The second-order valence-corrected chi connectivity index (χ2v) is 9.19. The highest BCUT2D eigenvalue weighted by molar-refractivity contribution is 5.97. The van der Waals surface area contributed by atoms with Crippen molar-refractivity contribution in [2.75, 3.05) is 44.1 Å². The van der Waals surface area contributed by atoms with Crippen LogP contribution in [-0.4, -0.2) is 50.6 Å². The van der Waals surface area contributed by atoms with E-state index in [0.29, 0.717) is 23.6 Å². The highest BCUT2D eigenvalue weighted by Crippen LogP contribution is 2.41. The molecule has 2 aliphatic rings. The Labute approximate surface area is 211 Å². The molecule has 5 rings (SSSR count). The monoisotopic (exact) mass is 485 g/mol. The molecule has 2 heterocycles. The van der Waals surface area contributed by atoms with Gasteiger partial charge in [0, 0.05) is 30.9 Å². The Morgan fingerprint density at radius 3 is 2.44 bits per heavy atom. The van der Waals surface area contributed by atoms with Gasteiger partial charge in [-0.25, -0.2) is 0 Å². The second kappa shape index (κ2) is 10.4. The standard InChI is InChI=1S/C29H31N3O4/c1-35-25-16-21-13-15-31(29(20-8-4-3-5-9-20)24(21)18-26(25)36-2)19-27(33)30-22-10-6-11-23(17-22)32-14-7-12-28(32)34/h3-6,8-11,16-18,29H,7,12-15,19H2,1-2H3,(H,30,33). The maximum atomic E-state index is 13.2. The molecule has 36 heavy (non-hydrogen) atoms. The van der Waals surface area contributed by atoms with Crippen LogP contribution in [0.25, 0.3) is 0 Å². The van der Waals surface area contributed by atoms with Crippen LogP contribution in [0.1, 0.15) is 35.6 Å². The number of carbonyl (C=O) groups excluding carboxylic acids is 2. The van der Waals surface area contributed by atoms with Crippen LogP contribution in [0, 0.1) is 0 Å². The van der Waals surface area contributed by atoms with Crippen molar-refractivity contribution in [2.24, 2.45) is 0 Å². The summed E-state index contributed by atoms with van der Waals surface area (Å²) in [4.78, 5) is 29.3. The summed E-state index contributed by atoms with van der Waals surface area (Å²) in [5.41, 5.74) is 4.95. The predicted molar refractivity (Wildman–Crippen MR) is 140 cm³/mol. The molecule has 1 fully saturated rings. The number of amides is 2. The molecule has 186 valence electrons. The van der Waals surface area contributed by atoms with E-state index in [1.807, 2.05) is 54.6 Å². The van der Waals surface area contributed by atoms with E-state index in [2.05, 4.69) is 22.3 Å². The van der Waals surface area contributed by atoms with Crippen molar-refractivity contribution in [3.8, 4) is 11.5 Å². The minimum atomic E-state index is -0.0928. The molecule has 1 saturated heterocycles. The largest absolute Gasteiger partial charge is 0.493 e. The average molecular weight is 486 g/mol. The first-order valence-electron chi connectivity index (χ1n) is 12.3.